The second-order valence-corrected chi connectivity index (χ2v) is 7.31. The summed E-state index contributed by atoms with van der Waals surface area (Å²) in [6.07, 6.45) is 6.63. The molecule has 0 spiro atoms. The van der Waals surface area contributed by atoms with Gasteiger partial charge in [-0.2, -0.15) is 0 Å². The molecule has 2 N–H and O–H groups in total. The van der Waals surface area contributed by atoms with Crippen LogP contribution in [-0.4, -0.2) is 33.9 Å². The van der Waals surface area contributed by atoms with E-state index in [4.69, 9.17) is 9.47 Å². The summed E-state index contributed by atoms with van der Waals surface area (Å²) in [6.45, 7) is 0.221. The molecule has 1 amide bonds. The number of H-pyrrole nitrogens is 1. The molecule has 1 fully saturated rings. The number of aryl methyl sites for hydroxylation is 1. The zero-order valence-corrected chi connectivity index (χ0v) is 15.7. The van der Waals surface area contributed by atoms with Crippen LogP contribution in [-0.2, 0) is 17.6 Å². The molecule has 0 bridgehead atoms. The Morgan fingerprint density at radius 1 is 1.14 bits per heavy atom. The first-order chi connectivity index (χ1) is 13.7. The zero-order chi connectivity index (χ0) is 19.3. The number of carbonyl (C=O) groups excluding carboxylic acids is 1. The quantitative estimate of drug-likeness (QED) is 0.787. The van der Waals surface area contributed by atoms with Gasteiger partial charge in [0.2, 0.25) is 12.7 Å². The van der Waals surface area contributed by atoms with E-state index in [-0.39, 0.29) is 42.8 Å². The molecule has 0 unspecified atom stereocenters. The van der Waals surface area contributed by atoms with Gasteiger partial charge in [-0.25, -0.2) is 0 Å². The molecule has 148 valence electrons. The molecule has 2 aliphatic rings. The van der Waals surface area contributed by atoms with Gasteiger partial charge in [0.15, 0.2) is 11.5 Å². The number of rotatable bonds is 6. The summed E-state index contributed by atoms with van der Waals surface area (Å²) in [5.74, 6) is 1.84. The van der Waals surface area contributed by atoms with Crippen LogP contribution in [0, 0.1) is 0 Å². The van der Waals surface area contributed by atoms with Gasteiger partial charge in [0.1, 0.15) is 11.5 Å². The molecule has 1 aliphatic heterocycles. The summed E-state index contributed by atoms with van der Waals surface area (Å²) in [7, 11) is 0. The number of hydrogen-bond donors (Lipinski definition) is 2. The van der Waals surface area contributed by atoms with Crippen LogP contribution in [0.2, 0.25) is 0 Å². The molecule has 1 saturated carbocycles. The standard InChI is InChI=1S/C20H24N4O4/c25-19(21-14-4-2-1-3-5-14)9-7-15-20(26)22-18(24-23-15)11-13-6-8-16-17(10-13)28-12-27-16/h6,8,10,14H,1-5,7,9,11-12H2,(H,21,25)(H,22,24,26). The van der Waals surface area contributed by atoms with Crippen LogP contribution in [0.5, 0.6) is 11.5 Å². The molecule has 0 atom stereocenters. The SMILES string of the molecule is O=C(CCc1nnc(Cc2ccc3c(c2)OCO3)[nH]c1=O)NC1CCCCC1. The number of amides is 1. The first-order valence-electron chi connectivity index (χ1n) is 9.80. The van der Waals surface area contributed by atoms with Crippen molar-refractivity contribution in [3.8, 4) is 11.5 Å². The molecule has 1 aromatic heterocycles. The van der Waals surface area contributed by atoms with Crippen LogP contribution in [0.4, 0.5) is 0 Å². The van der Waals surface area contributed by atoms with Crippen LogP contribution in [0.15, 0.2) is 23.0 Å². The van der Waals surface area contributed by atoms with Gasteiger partial charge in [-0.3, -0.25) is 9.59 Å². The van der Waals surface area contributed by atoms with Crippen LogP contribution in [0.25, 0.3) is 0 Å². The molecule has 0 saturated heterocycles. The third-order valence-corrected chi connectivity index (χ3v) is 5.18. The lowest BCUT2D eigenvalue weighted by molar-refractivity contribution is -0.122. The zero-order valence-electron chi connectivity index (χ0n) is 15.7. The van der Waals surface area contributed by atoms with Crippen molar-refractivity contribution in [2.24, 2.45) is 0 Å². The topological polar surface area (TPSA) is 106 Å². The molecule has 28 heavy (non-hydrogen) atoms. The summed E-state index contributed by atoms with van der Waals surface area (Å²) >= 11 is 0. The Hall–Kier alpha value is -2.90. The van der Waals surface area contributed by atoms with Crippen molar-refractivity contribution < 1.29 is 14.3 Å². The maximum Gasteiger partial charge on any atom is 0.272 e. The fraction of sp³-hybridized carbons (Fsp3) is 0.500. The van der Waals surface area contributed by atoms with Crippen molar-refractivity contribution in [1.29, 1.82) is 0 Å². The number of aromatic nitrogens is 3. The van der Waals surface area contributed by atoms with Gasteiger partial charge < -0.3 is 19.8 Å². The summed E-state index contributed by atoms with van der Waals surface area (Å²) in [6, 6.07) is 5.88. The minimum atomic E-state index is -0.295. The van der Waals surface area contributed by atoms with Crippen LogP contribution in [0.1, 0.15) is 55.6 Å². The number of hydrogen-bond acceptors (Lipinski definition) is 6. The van der Waals surface area contributed by atoms with Gasteiger partial charge in [0.05, 0.1) is 0 Å². The molecule has 2 heterocycles. The van der Waals surface area contributed by atoms with E-state index < -0.39 is 0 Å². The molecular formula is C20H24N4O4. The maximum atomic E-state index is 12.3. The molecule has 8 nitrogen and oxygen atoms in total. The fourth-order valence-corrected chi connectivity index (χ4v) is 3.66. The first kappa shape index (κ1) is 18.5. The number of aromatic amines is 1. The van der Waals surface area contributed by atoms with Crippen molar-refractivity contribution in [3.63, 3.8) is 0 Å². The van der Waals surface area contributed by atoms with Crippen molar-refractivity contribution in [2.45, 2.75) is 57.4 Å². The van der Waals surface area contributed by atoms with E-state index in [1.165, 1.54) is 19.3 Å². The van der Waals surface area contributed by atoms with E-state index in [9.17, 15) is 9.59 Å². The molecule has 1 aromatic carbocycles. The highest BCUT2D eigenvalue weighted by molar-refractivity contribution is 5.76. The number of carbonyl (C=O) groups is 1. The van der Waals surface area contributed by atoms with Crippen molar-refractivity contribution >= 4 is 5.91 Å². The van der Waals surface area contributed by atoms with Crippen molar-refractivity contribution in [2.75, 3.05) is 6.79 Å². The number of ether oxygens (including phenoxy) is 2. The number of fused-ring (bicyclic) bond motifs is 1. The average molecular weight is 384 g/mol. The Bertz CT molecular complexity index is 905. The van der Waals surface area contributed by atoms with E-state index in [1.54, 1.807) is 0 Å². The summed E-state index contributed by atoms with van der Waals surface area (Å²) in [4.78, 5) is 27.2. The lowest BCUT2D eigenvalue weighted by Gasteiger charge is -2.22. The highest BCUT2D eigenvalue weighted by Gasteiger charge is 2.17. The van der Waals surface area contributed by atoms with Crippen LogP contribution in [0.3, 0.4) is 0 Å². The van der Waals surface area contributed by atoms with Crippen molar-refractivity contribution in [3.05, 3.63) is 45.6 Å². The van der Waals surface area contributed by atoms with Gasteiger partial charge in [0.25, 0.3) is 5.56 Å². The second-order valence-electron chi connectivity index (χ2n) is 7.31. The largest absolute Gasteiger partial charge is 0.454 e. The highest BCUT2D eigenvalue weighted by atomic mass is 16.7. The molecule has 2 aromatic rings. The minimum absolute atomic E-state index is 0.0301. The van der Waals surface area contributed by atoms with E-state index in [1.807, 2.05) is 18.2 Å². The van der Waals surface area contributed by atoms with Gasteiger partial charge in [-0.15, -0.1) is 10.2 Å². The summed E-state index contributed by atoms with van der Waals surface area (Å²) in [5, 5.41) is 11.2. The van der Waals surface area contributed by atoms with Gasteiger partial charge in [-0.05, 0) is 30.5 Å². The van der Waals surface area contributed by atoms with Gasteiger partial charge >= 0.3 is 0 Å². The Balaban J connectivity index is 1.32. The number of benzene rings is 1. The van der Waals surface area contributed by atoms with E-state index in [0.717, 1.165) is 18.4 Å². The Labute approximate surface area is 162 Å². The minimum Gasteiger partial charge on any atom is -0.454 e. The number of nitrogens with one attached hydrogen (secondary N) is 2. The second kappa shape index (κ2) is 8.41. The predicted octanol–water partition coefficient (Wildman–Crippen LogP) is 1.87. The van der Waals surface area contributed by atoms with Crippen LogP contribution < -0.4 is 20.3 Å². The molecule has 8 heteroatoms. The van der Waals surface area contributed by atoms with E-state index in [0.29, 0.717) is 23.7 Å². The number of nitrogens with zero attached hydrogens (tertiary/aromatic N) is 2. The normalized spacial score (nSPS) is 16.1. The van der Waals surface area contributed by atoms with E-state index in [2.05, 4.69) is 20.5 Å². The van der Waals surface area contributed by atoms with E-state index >= 15 is 0 Å². The molecular weight excluding hydrogens is 360 g/mol. The smallest absolute Gasteiger partial charge is 0.272 e. The Morgan fingerprint density at radius 3 is 2.79 bits per heavy atom. The lowest BCUT2D eigenvalue weighted by atomic mass is 9.95. The third kappa shape index (κ3) is 4.49. The maximum absolute atomic E-state index is 12.3. The Kier molecular flexibility index (Phi) is 5.55. The predicted molar refractivity (Wildman–Crippen MR) is 101 cm³/mol. The third-order valence-electron chi connectivity index (χ3n) is 5.18. The molecule has 1 aliphatic carbocycles. The average Bonchev–Trinajstić information content (AvgIpc) is 3.16. The first-order valence-corrected chi connectivity index (χ1v) is 9.80. The Morgan fingerprint density at radius 2 is 1.96 bits per heavy atom. The summed E-state index contributed by atoms with van der Waals surface area (Å²) < 4.78 is 10.7. The van der Waals surface area contributed by atoms with Gasteiger partial charge in [-0.1, -0.05) is 25.3 Å². The molecule has 0 radical (unpaired) electrons. The fourth-order valence-electron chi connectivity index (χ4n) is 3.66. The monoisotopic (exact) mass is 384 g/mol. The van der Waals surface area contributed by atoms with Crippen molar-refractivity contribution in [1.82, 2.24) is 20.5 Å². The lowest BCUT2D eigenvalue weighted by Crippen LogP contribution is -2.36. The van der Waals surface area contributed by atoms with Gasteiger partial charge in [0, 0.05) is 25.3 Å². The van der Waals surface area contributed by atoms with Crippen LogP contribution >= 0.6 is 0 Å². The molecule has 4 rings (SSSR count). The highest BCUT2D eigenvalue weighted by Crippen LogP contribution is 2.32. The summed E-state index contributed by atoms with van der Waals surface area (Å²) in [5.41, 5.74) is 0.929.